The average molecular weight is 285 g/mol. The summed E-state index contributed by atoms with van der Waals surface area (Å²) in [5.74, 6) is -0.939. The summed E-state index contributed by atoms with van der Waals surface area (Å²) in [7, 11) is 0. The fourth-order valence-corrected chi connectivity index (χ4v) is 2.02. The van der Waals surface area contributed by atoms with Crippen LogP contribution in [0.5, 0.6) is 0 Å². The van der Waals surface area contributed by atoms with Gasteiger partial charge >= 0.3 is 12.0 Å². The van der Waals surface area contributed by atoms with E-state index in [-0.39, 0.29) is 12.6 Å². The van der Waals surface area contributed by atoms with E-state index >= 15 is 0 Å². The minimum absolute atomic E-state index is 0.0878. The Morgan fingerprint density at radius 2 is 2.11 bits per heavy atom. The van der Waals surface area contributed by atoms with Gasteiger partial charge in [0.25, 0.3) is 0 Å². The predicted octanol–water partition coefficient (Wildman–Crippen LogP) is 1.40. The van der Waals surface area contributed by atoms with Crippen molar-refractivity contribution >= 4 is 23.3 Å². The number of carboxylic acids is 1. The van der Waals surface area contributed by atoms with E-state index in [1.54, 1.807) is 25.2 Å². The van der Waals surface area contributed by atoms with Gasteiger partial charge in [-0.2, -0.15) is 0 Å². The molecule has 0 atom stereocenters. The van der Waals surface area contributed by atoms with E-state index in [0.29, 0.717) is 13.0 Å². The number of amides is 2. The van der Waals surface area contributed by atoms with Crippen LogP contribution in [-0.2, 0) is 11.2 Å². The molecule has 1 heterocycles. The number of nitrogens with one attached hydrogen (secondary N) is 2. The van der Waals surface area contributed by atoms with Gasteiger partial charge in [0.1, 0.15) is 0 Å². The number of carbonyl (C=O) groups is 2. The van der Waals surface area contributed by atoms with Crippen molar-refractivity contribution in [3.8, 4) is 0 Å². The second-order valence-electron chi connectivity index (χ2n) is 4.93. The zero-order valence-corrected chi connectivity index (χ0v) is 12.1. The Hall–Kier alpha value is -1.63. The molecule has 0 aromatic carbocycles. The quantitative estimate of drug-likeness (QED) is 0.737. The Bertz CT molecular complexity index is 457. The van der Waals surface area contributed by atoms with Gasteiger partial charge < -0.3 is 15.7 Å². The highest BCUT2D eigenvalue weighted by atomic mass is 32.1. The molecular formula is C12H19N3O3S. The largest absolute Gasteiger partial charge is 0.481 e. The second-order valence-corrected chi connectivity index (χ2v) is 5.87. The summed E-state index contributed by atoms with van der Waals surface area (Å²) in [4.78, 5) is 26.6. The van der Waals surface area contributed by atoms with Gasteiger partial charge in [-0.1, -0.05) is 0 Å². The Morgan fingerprint density at radius 3 is 2.63 bits per heavy atom. The summed E-state index contributed by atoms with van der Waals surface area (Å²) in [5, 5.41) is 17.1. The van der Waals surface area contributed by atoms with E-state index in [2.05, 4.69) is 15.6 Å². The third-order valence-electron chi connectivity index (χ3n) is 2.56. The Morgan fingerprint density at radius 1 is 1.42 bits per heavy atom. The van der Waals surface area contributed by atoms with Crippen LogP contribution in [0.2, 0.25) is 0 Å². The van der Waals surface area contributed by atoms with Gasteiger partial charge in [-0.15, -0.1) is 11.3 Å². The van der Waals surface area contributed by atoms with Crippen LogP contribution < -0.4 is 10.6 Å². The molecule has 6 nitrogen and oxygen atoms in total. The number of aromatic nitrogens is 1. The Labute approximate surface area is 116 Å². The molecule has 0 aliphatic carbocycles. The van der Waals surface area contributed by atoms with E-state index in [1.807, 2.05) is 12.3 Å². The Balaban J connectivity index is 2.23. The summed E-state index contributed by atoms with van der Waals surface area (Å²) in [6.45, 7) is 5.62. The maximum absolute atomic E-state index is 11.5. The van der Waals surface area contributed by atoms with Gasteiger partial charge in [0.2, 0.25) is 0 Å². The van der Waals surface area contributed by atoms with Crippen molar-refractivity contribution in [1.82, 2.24) is 15.6 Å². The van der Waals surface area contributed by atoms with Gasteiger partial charge in [0, 0.05) is 30.6 Å². The summed E-state index contributed by atoms with van der Waals surface area (Å²) >= 11 is 1.56. The third kappa shape index (κ3) is 5.25. The molecule has 0 spiro atoms. The molecule has 1 aromatic heterocycles. The topological polar surface area (TPSA) is 91.3 Å². The molecule has 0 radical (unpaired) electrons. The number of rotatable bonds is 6. The first-order valence-electron chi connectivity index (χ1n) is 5.97. The van der Waals surface area contributed by atoms with Crippen molar-refractivity contribution in [2.45, 2.75) is 27.2 Å². The number of nitrogens with zero attached hydrogens (tertiary/aromatic N) is 1. The van der Waals surface area contributed by atoms with Crippen molar-refractivity contribution in [2.24, 2.45) is 5.41 Å². The summed E-state index contributed by atoms with van der Waals surface area (Å²) in [6.07, 6.45) is 0.675. The molecule has 0 bridgehead atoms. The molecule has 0 saturated heterocycles. The van der Waals surface area contributed by atoms with Crippen LogP contribution >= 0.6 is 11.3 Å². The van der Waals surface area contributed by atoms with Gasteiger partial charge in [-0.25, -0.2) is 9.78 Å². The monoisotopic (exact) mass is 285 g/mol. The molecule has 0 aliphatic heterocycles. The highest BCUT2D eigenvalue weighted by Crippen LogP contribution is 2.12. The number of hydrogen-bond donors (Lipinski definition) is 3. The number of aryl methyl sites for hydroxylation is 1. The van der Waals surface area contributed by atoms with Crippen LogP contribution in [0.25, 0.3) is 0 Å². The lowest BCUT2D eigenvalue weighted by Gasteiger charge is -2.19. The maximum Gasteiger partial charge on any atom is 0.314 e. The molecule has 106 valence electrons. The molecule has 0 aliphatic rings. The van der Waals surface area contributed by atoms with Crippen LogP contribution in [0.4, 0.5) is 4.79 Å². The van der Waals surface area contributed by atoms with Crippen molar-refractivity contribution in [3.05, 3.63) is 16.1 Å². The number of carbonyl (C=O) groups excluding carboxylic acids is 1. The maximum atomic E-state index is 11.5. The molecular weight excluding hydrogens is 266 g/mol. The lowest BCUT2D eigenvalue weighted by atomic mass is 9.94. The zero-order chi connectivity index (χ0) is 14.5. The van der Waals surface area contributed by atoms with Crippen LogP contribution in [0.15, 0.2) is 5.38 Å². The molecule has 1 aromatic rings. The normalized spacial score (nSPS) is 11.1. The van der Waals surface area contributed by atoms with Crippen LogP contribution in [0.1, 0.15) is 24.5 Å². The fraction of sp³-hybridized carbons (Fsp3) is 0.583. The third-order valence-corrected chi connectivity index (χ3v) is 3.59. The van der Waals surface area contributed by atoms with E-state index in [0.717, 1.165) is 10.7 Å². The van der Waals surface area contributed by atoms with Crippen molar-refractivity contribution in [1.29, 1.82) is 0 Å². The number of hydrogen-bond acceptors (Lipinski definition) is 4. The zero-order valence-electron chi connectivity index (χ0n) is 11.3. The first kappa shape index (κ1) is 15.4. The summed E-state index contributed by atoms with van der Waals surface area (Å²) in [6, 6.07) is -0.359. The minimum Gasteiger partial charge on any atom is -0.481 e. The lowest BCUT2D eigenvalue weighted by Crippen LogP contribution is -2.43. The molecule has 19 heavy (non-hydrogen) atoms. The first-order chi connectivity index (χ1) is 8.81. The van der Waals surface area contributed by atoms with Crippen molar-refractivity contribution < 1.29 is 14.7 Å². The molecule has 2 amide bonds. The van der Waals surface area contributed by atoms with Crippen LogP contribution in [0, 0.1) is 12.3 Å². The SMILES string of the molecule is Cc1csc(CCNC(=O)NCC(C)(C)C(=O)O)n1. The smallest absolute Gasteiger partial charge is 0.314 e. The number of carboxylic acid groups (broad SMARTS) is 1. The number of aliphatic carboxylic acids is 1. The van der Waals surface area contributed by atoms with Crippen molar-refractivity contribution in [2.75, 3.05) is 13.1 Å². The standard InChI is InChI=1S/C12H19N3O3S/c1-8-6-19-9(15-8)4-5-13-11(18)14-7-12(2,3)10(16)17/h6H,4-5,7H2,1-3H3,(H,16,17)(H2,13,14,18). The number of urea groups is 1. The molecule has 1 rings (SSSR count). The van der Waals surface area contributed by atoms with E-state index in [1.165, 1.54) is 0 Å². The van der Waals surface area contributed by atoms with E-state index in [4.69, 9.17) is 5.11 Å². The minimum atomic E-state index is -0.968. The molecule has 3 N–H and O–H groups in total. The van der Waals surface area contributed by atoms with Gasteiger partial charge in [-0.05, 0) is 20.8 Å². The number of thiazole rings is 1. The highest BCUT2D eigenvalue weighted by Gasteiger charge is 2.27. The summed E-state index contributed by atoms with van der Waals surface area (Å²) in [5.41, 5.74) is 0.0108. The van der Waals surface area contributed by atoms with Gasteiger partial charge in [0.05, 0.1) is 10.4 Å². The predicted molar refractivity (Wildman–Crippen MR) is 73.4 cm³/mol. The summed E-state index contributed by atoms with van der Waals surface area (Å²) < 4.78 is 0. The Kier molecular flexibility index (Phi) is 5.29. The van der Waals surface area contributed by atoms with Gasteiger partial charge in [0.15, 0.2) is 0 Å². The molecule has 0 unspecified atom stereocenters. The average Bonchev–Trinajstić information content (AvgIpc) is 2.72. The molecule has 0 fully saturated rings. The highest BCUT2D eigenvalue weighted by molar-refractivity contribution is 7.09. The van der Waals surface area contributed by atoms with Gasteiger partial charge in [-0.3, -0.25) is 4.79 Å². The molecule has 7 heteroatoms. The van der Waals surface area contributed by atoms with Crippen LogP contribution in [-0.4, -0.2) is 35.2 Å². The fourth-order valence-electron chi connectivity index (χ4n) is 1.24. The van der Waals surface area contributed by atoms with E-state index in [9.17, 15) is 9.59 Å². The van der Waals surface area contributed by atoms with E-state index < -0.39 is 11.4 Å². The van der Waals surface area contributed by atoms with Crippen molar-refractivity contribution in [3.63, 3.8) is 0 Å². The molecule has 0 saturated carbocycles. The first-order valence-corrected chi connectivity index (χ1v) is 6.85. The second kappa shape index (κ2) is 6.51. The lowest BCUT2D eigenvalue weighted by molar-refractivity contribution is -0.146. The van der Waals surface area contributed by atoms with Crippen LogP contribution in [0.3, 0.4) is 0 Å².